The summed E-state index contributed by atoms with van der Waals surface area (Å²) in [6, 6.07) is 0. The predicted octanol–water partition coefficient (Wildman–Crippen LogP) is 5.83. The molecule has 0 amide bonds. The monoisotopic (exact) mass is 380 g/mol. The molecule has 4 saturated heterocycles. The third-order valence-electron chi connectivity index (χ3n) is 1.46. The fourth-order valence-corrected chi connectivity index (χ4v) is 25.8. The molecule has 0 spiro atoms. The lowest BCUT2D eigenvalue weighted by Gasteiger charge is -2.59. The first-order valence-electron chi connectivity index (χ1n) is 3.21. The van der Waals surface area contributed by atoms with Crippen molar-refractivity contribution in [2.24, 2.45) is 0 Å². The van der Waals surface area contributed by atoms with E-state index in [-0.39, 0.29) is 0 Å². The van der Waals surface area contributed by atoms with Crippen molar-refractivity contribution >= 4 is 117 Å². The Morgan fingerprint density at radius 2 is 0.571 bits per heavy atom. The SMILES string of the molecule is ClC12SC3(Cl)SC(Cl)(S1)SC(Cl)(S2)S3. The second kappa shape index (κ2) is 3.42. The molecule has 0 N–H and O–H groups in total. The smallest absolute Gasteiger partial charge is 0.0825 e. The zero-order valence-electron chi connectivity index (χ0n) is 5.96. The molecule has 80 valence electrons. The Bertz CT molecular complexity index is 215. The minimum Gasteiger partial charge on any atom is -0.0825 e. The highest BCUT2D eigenvalue weighted by atomic mass is 35.5. The number of hydrogen-bond acceptors (Lipinski definition) is 6. The molecule has 0 nitrogen and oxygen atoms in total. The third-order valence-corrected chi connectivity index (χ3v) is 13.2. The lowest BCUT2D eigenvalue weighted by Crippen LogP contribution is -2.45. The zero-order chi connectivity index (χ0) is 10.2. The first-order valence-corrected chi connectivity index (χ1v) is 9.62. The van der Waals surface area contributed by atoms with Gasteiger partial charge in [-0.05, 0) is 0 Å². The van der Waals surface area contributed by atoms with Crippen molar-refractivity contribution in [2.45, 2.75) is 11.5 Å². The summed E-state index contributed by atoms with van der Waals surface area (Å²) in [5, 5.41) is 0. The van der Waals surface area contributed by atoms with Gasteiger partial charge >= 0.3 is 0 Å². The number of hydrogen-bond donors (Lipinski definition) is 0. The Balaban J connectivity index is 2.08. The summed E-state index contributed by atoms with van der Waals surface area (Å²) in [4.78, 5) is 0. The van der Waals surface area contributed by atoms with Gasteiger partial charge in [-0.1, -0.05) is 117 Å². The number of thioether (sulfide) groups is 6. The molecular formula is C4Cl4S6. The van der Waals surface area contributed by atoms with Gasteiger partial charge in [0, 0.05) is 0 Å². The normalized spacial score (nSPS) is 66.0. The van der Waals surface area contributed by atoms with Gasteiger partial charge in [0.25, 0.3) is 0 Å². The van der Waals surface area contributed by atoms with Gasteiger partial charge in [0.2, 0.25) is 0 Å². The lowest BCUT2D eigenvalue weighted by molar-refractivity contribution is 1.51. The maximum absolute atomic E-state index is 6.40. The van der Waals surface area contributed by atoms with Crippen LogP contribution in [0, 0.1) is 0 Å². The van der Waals surface area contributed by atoms with Crippen molar-refractivity contribution in [3.8, 4) is 0 Å². The first-order chi connectivity index (χ1) is 6.24. The quantitative estimate of drug-likeness (QED) is 0.480. The van der Waals surface area contributed by atoms with Crippen molar-refractivity contribution in [2.75, 3.05) is 0 Å². The van der Waals surface area contributed by atoms with Gasteiger partial charge < -0.3 is 0 Å². The van der Waals surface area contributed by atoms with Crippen molar-refractivity contribution in [1.29, 1.82) is 0 Å². The number of rotatable bonds is 0. The van der Waals surface area contributed by atoms with Crippen molar-refractivity contribution < 1.29 is 0 Å². The van der Waals surface area contributed by atoms with Crippen LogP contribution in [0.1, 0.15) is 0 Å². The van der Waals surface area contributed by atoms with E-state index in [4.69, 9.17) is 46.4 Å². The Morgan fingerprint density at radius 3 is 0.714 bits per heavy atom. The summed E-state index contributed by atoms with van der Waals surface area (Å²) in [5.74, 6) is 0. The minimum atomic E-state index is -0.549. The van der Waals surface area contributed by atoms with Crippen LogP contribution in [0.25, 0.3) is 0 Å². The Morgan fingerprint density at radius 1 is 0.429 bits per heavy atom. The third kappa shape index (κ3) is 2.01. The number of halogens is 4. The van der Waals surface area contributed by atoms with Gasteiger partial charge in [-0.15, -0.1) is 0 Å². The van der Waals surface area contributed by atoms with E-state index in [0.717, 1.165) is 0 Å². The van der Waals surface area contributed by atoms with Crippen molar-refractivity contribution in [3.63, 3.8) is 0 Å². The summed E-state index contributed by atoms with van der Waals surface area (Å²) < 4.78 is -2.19. The second-order valence-corrected chi connectivity index (χ2v) is 19.2. The van der Waals surface area contributed by atoms with Gasteiger partial charge in [-0.3, -0.25) is 0 Å². The predicted molar refractivity (Wildman–Crippen MR) is 79.9 cm³/mol. The van der Waals surface area contributed by atoms with Crippen LogP contribution in [0.4, 0.5) is 0 Å². The van der Waals surface area contributed by atoms with E-state index < -0.39 is 11.5 Å². The highest BCUT2D eigenvalue weighted by molar-refractivity contribution is 8.67. The van der Waals surface area contributed by atoms with Crippen molar-refractivity contribution in [1.82, 2.24) is 0 Å². The fraction of sp³-hybridized carbons (Fsp3) is 1.00. The molecule has 4 aliphatic rings. The van der Waals surface area contributed by atoms with Crippen LogP contribution in [0.5, 0.6) is 0 Å². The first kappa shape index (κ1) is 12.3. The van der Waals surface area contributed by atoms with E-state index >= 15 is 0 Å². The average molecular weight is 382 g/mol. The summed E-state index contributed by atoms with van der Waals surface area (Å²) in [5.41, 5.74) is 0. The van der Waals surface area contributed by atoms with Crippen LogP contribution in [0.2, 0.25) is 0 Å². The topological polar surface area (TPSA) is 0 Å². The molecule has 4 bridgehead atoms. The maximum Gasteiger partial charge on any atom is 0.191 e. The van der Waals surface area contributed by atoms with Crippen LogP contribution in [0.3, 0.4) is 0 Å². The molecule has 4 fully saturated rings. The lowest BCUT2D eigenvalue weighted by atomic mass is 11.7. The van der Waals surface area contributed by atoms with Gasteiger partial charge in [0.15, 0.2) is 11.5 Å². The second-order valence-electron chi connectivity index (χ2n) is 2.54. The number of alkyl halides is 4. The van der Waals surface area contributed by atoms with Gasteiger partial charge in [0.05, 0.1) is 0 Å². The Labute approximate surface area is 127 Å². The van der Waals surface area contributed by atoms with Gasteiger partial charge in [-0.2, -0.15) is 0 Å². The molecular weight excluding hydrogens is 382 g/mol. The van der Waals surface area contributed by atoms with Crippen LogP contribution in [-0.2, 0) is 0 Å². The molecule has 0 aliphatic carbocycles. The molecule has 0 aromatic heterocycles. The molecule has 4 heterocycles. The standard InChI is InChI=1S/C4Cl4S6/c5-1-9-2(6)12-3(7,10-1)14-4(8,11-1)13-2. The van der Waals surface area contributed by atoms with Gasteiger partial charge in [-0.25, -0.2) is 0 Å². The molecule has 0 aromatic carbocycles. The van der Waals surface area contributed by atoms with E-state index in [1.807, 2.05) is 0 Å². The molecule has 4 rings (SSSR count). The van der Waals surface area contributed by atoms with Crippen LogP contribution in [-0.4, -0.2) is 11.5 Å². The van der Waals surface area contributed by atoms with Crippen LogP contribution in [0.15, 0.2) is 0 Å². The summed E-state index contributed by atoms with van der Waals surface area (Å²) in [6.45, 7) is 0. The molecule has 14 heavy (non-hydrogen) atoms. The minimum absolute atomic E-state index is 0.549. The van der Waals surface area contributed by atoms with E-state index in [2.05, 4.69) is 0 Å². The van der Waals surface area contributed by atoms with Crippen LogP contribution < -0.4 is 0 Å². The summed E-state index contributed by atoms with van der Waals surface area (Å²) in [7, 11) is 0. The van der Waals surface area contributed by atoms with E-state index in [1.54, 1.807) is 0 Å². The summed E-state index contributed by atoms with van der Waals surface area (Å²) in [6.07, 6.45) is 0. The molecule has 0 radical (unpaired) electrons. The molecule has 4 aliphatic heterocycles. The van der Waals surface area contributed by atoms with Gasteiger partial charge in [0.1, 0.15) is 0 Å². The van der Waals surface area contributed by atoms with Crippen molar-refractivity contribution in [3.05, 3.63) is 0 Å². The molecule has 0 unspecified atom stereocenters. The highest BCUT2D eigenvalue weighted by Gasteiger charge is 2.72. The van der Waals surface area contributed by atoms with E-state index in [1.165, 1.54) is 70.6 Å². The largest absolute Gasteiger partial charge is 0.191 e. The van der Waals surface area contributed by atoms with E-state index in [9.17, 15) is 0 Å². The maximum atomic E-state index is 6.40. The zero-order valence-corrected chi connectivity index (χ0v) is 13.9. The molecule has 10 heteroatoms. The summed E-state index contributed by atoms with van der Waals surface area (Å²) >= 11 is 34.6. The molecule has 0 atom stereocenters. The highest BCUT2D eigenvalue weighted by Crippen LogP contribution is 2.91. The van der Waals surface area contributed by atoms with Crippen LogP contribution >= 0.6 is 117 Å². The molecule has 0 aromatic rings. The Hall–Kier alpha value is 3.26. The van der Waals surface area contributed by atoms with E-state index in [0.29, 0.717) is 0 Å². The fourth-order valence-electron chi connectivity index (χ4n) is 1.12. The Kier molecular flexibility index (Phi) is 3.01. The average Bonchev–Trinajstić information content (AvgIpc) is 1.67. The molecule has 0 saturated carbocycles.